The van der Waals surface area contributed by atoms with Crippen LogP contribution in [-0.4, -0.2) is 20.0 Å². The zero-order chi connectivity index (χ0) is 14.7. The molecule has 4 heteroatoms. The van der Waals surface area contributed by atoms with E-state index in [0.717, 1.165) is 31.6 Å². The van der Waals surface area contributed by atoms with Crippen LogP contribution in [-0.2, 0) is 0 Å². The third kappa shape index (κ3) is 2.93. The van der Waals surface area contributed by atoms with E-state index in [1.807, 2.05) is 0 Å². The normalized spacial score (nSPS) is 22.4. The van der Waals surface area contributed by atoms with Gasteiger partial charge in [0.1, 0.15) is 10.8 Å². The van der Waals surface area contributed by atoms with Gasteiger partial charge in [-0.2, -0.15) is 0 Å². The second-order valence-corrected chi connectivity index (χ2v) is 5.86. The molecule has 0 atom stereocenters. The summed E-state index contributed by atoms with van der Waals surface area (Å²) in [7, 11) is 3.07. The van der Waals surface area contributed by atoms with E-state index in [-0.39, 0.29) is 11.7 Å². The van der Waals surface area contributed by atoms with Crippen molar-refractivity contribution in [2.45, 2.75) is 32.6 Å². The zero-order valence-electron chi connectivity index (χ0n) is 12.2. The first kappa shape index (κ1) is 15.2. The molecule has 0 bridgehead atoms. The van der Waals surface area contributed by atoms with Gasteiger partial charge in [0.25, 0.3) is 0 Å². The maximum Gasteiger partial charge on any atom is 0.169 e. The van der Waals surface area contributed by atoms with Crippen molar-refractivity contribution in [2.24, 2.45) is 11.8 Å². The molecular weight excluding hydrogens is 276 g/mol. The molecule has 0 N–H and O–H groups in total. The standard InChI is InChI=1S/C16H21ClO3/c1-10-4-6-11(7-5-10)15(18)12-8-9-13(19-2)14(17)16(12)20-3/h8-11H,4-7H2,1-3H3. The van der Waals surface area contributed by atoms with E-state index in [0.29, 0.717) is 22.1 Å². The fourth-order valence-corrected chi connectivity index (χ4v) is 3.15. The Morgan fingerprint density at radius 1 is 1.15 bits per heavy atom. The molecule has 1 aliphatic rings. The molecule has 0 spiro atoms. The molecule has 0 aliphatic heterocycles. The Hall–Kier alpha value is -1.22. The van der Waals surface area contributed by atoms with E-state index < -0.39 is 0 Å². The van der Waals surface area contributed by atoms with Crippen LogP contribution in [0.15, 0.2) is 12.1 Å². The van der Waals surface area contributed by atoms with Crippen LogP contribution in [0.5, 0.6) is 11.5 Å². The number of methoxy groups -OCH3 is 2. The van der Waals surface area contributed by atoms with Gasteiger partial charge in [-0.3, -0.25) is 4.79 Å². The smallest absolute Gasteiger partial charge is 0.169 e. The quantitative estimate of drug-likeness (QED) is 0.774. The van der Waals surface area contributed by atoms with Crippen LogP contribution >= 0.6 is 11.6 Å². The number of carbonyl (C=O) groups excluding carboxylic acids is 1. The molecule has 0 heterocycles. The number of ether oxygens (including phenoxy) is 2. The highest BCUT2D eigenvalue weighted by molar-refractivity contribution is 6.34. The van der Waals surface area contributed by atoms with Crippen LogP contribution in [0.1, 0.15) is 43.0 Å². The zero-order valence-corrected chi connectivity index (χ0v) is 13.0. The Morgan fingerprint density at radius 2 is 1.80 bits per heavy atom. The lowest BCUT2D eigenvalue weighted by Crippen LogP contribution is -2.21. The van der Waals surface area contributed by atoms with Crippen LogP contribution in [0.3, 0.4) is 0 Å². The summed E-state index contributed by atoms with van der Waals surface area (Å²) in [5, 5.41) is 0.366. The van der Waals surface area contributed by atoms with Crippen LogP contribution in [0.25, 0.3) is 0 Å². The monoisotopic (exact) mass is 296 g/mol. The number of hydrogen-bond acceptors (Lipinski definition) is 3. The van der Waals surface area contributed by atoms with Gasteiger partial charge in [-0.25, -0.2) is 0 Å². The molecule has 0 unspecified atom stereocenters. The Kier molecular flexibility index (Phi) is 4.92. The largest absolute Gasteiger partial charge is 0.495 e. The van der Waals surface area contributed by atoms with E-state index in [9.17, 15) is 4.79 Å². The summed E-state index contributed by atoms with van der Waals surface area (Å²) >= 11 is 6.22. The fourth-order valence-electron chi connectivity index (χ4n) is 2.83. The van der Waals surface area contributed by atoms with E-state index in [1.54, 1.807) is 19.2 Å². The predicted molar refractivity (Wildman–Crippen MR) is 80.0 cm³/mol. The van der Waals surface area contributed by atoms with Crippen molar-refractivity contribution >= 4 is 17.4 Å². The number of ketones is 1. The Labute approximate surface area is 125 Å². The lowest BCUT2D eigenvalue weighted by atomic mass is 9.79. The maximum absolute atomic E-state index is 12.7. The lowest BCUT2D eigenvalue weighted by Gasteiger charge is -2.25. The van der Waals surface area contributed by atoms with Crippen molar-refractivity contribution in [2.75, 3.05) is 14.2 Å². The minimum Gasteiger partial charge on any atom is -0.495 e. The first-order chi connectivity index (χ1) is 9.58. The molecule has 2 rings (SSSR count). The summed E-state index contributed by atoms with van der Waals surface area (Å²) in [6, 6.07) is 3.48. The third-order valence-corrected chi connectivity index (χ3v) is 4.50. The first-order valence-electron chi connectivity index (χ1n) is 7.03. The van der Waals surface area contributed by atoms with Gasteiger partial charge in [0.2, 0.25) is 0 Å². The minimum absolute atomic E-state index is 0.0876. The molecule has 3 nitrogen and oxygen atoms in total. The molecule has 0 aromatic heterocycles. The molecule has 1 aromatic rings. The SMILES string of the molecule is COc1ccc(C(=O)C2CCC(C)CC2)c(OC)c1Cl. The highest BCUT2D eigenvalue weighted by Crippen LogP contribution is 2.39. The molecular formula is C16H21ClO3. The highest BCUT2D eigenvalue weighted by Gasteiger charge is 2.28. The van der Waals surface area contributed by atoms with E-state index in [2.05, 4.69) is 6.92 Å². The second-order valence-electron chi connectivity index (χ2n) is 5.48. The Balaban J connectivity index is 2.28. The van der Waals surface area contributed by atoms with Crippen molar-refractivity contribution in [1.29, 1.82) is 0 Å². The van der Waals surface area contributed by atoms with Gasteiger partial charge in [-0.1, -0.05) is 31.4 Å². The maximum atomic E-state index is 12.7. The van der Waals surface area contributed by atoms with Gasteiger partial charge in [0.05, 0.1) is 19.8 Å². The molecule has 1 saturated carbocycles. The number of rotatable bonds is 4. The highest BCUT2D eigenvalue weighted by atomic mass is 35.5. The summed E-state index contributed by atoms with van der Waals surface area (Å²) in [4.78, 5) is 12.7. The van der Waals surface area contributed by atoms with Crippen molar-refractivity contribution in [1.82, 2.24) is 0 Å². The van der Waals surface area contributed by atoms with Gasteiger partial charge in [-0.15, -0.1) is 0 Å². The molecule has 1 aromatic carbocycles. The van der Waals surface area contributed by atoms with E-state index in [4.69, 9.17) is 21.1 Å². The van der Waals surface area contributed by atoms with Crippen LogP contribution in [0, 0.1) is 11.8 Å². The van der Waals surface area contributed by atoms with Crippen LogP contribution in [0.2, 0.25) is 5.02 Å². The van der Waals surface area contributed by atoms with Crippen molar-refractivity contribution in [3.63, 3.8) is 0 Å². The summed E-state index contributed by atoms with van der Waals surface area (Å²) < 4.78 is 10.5. The van der Waals surface area contributed by atoms with Gasteiger partial charge < -0.3 is 9.47 Å². The van der Waals surface area contributed by atoms with Gasteiger partial charge in [0.15, 0.2) is 11.5 Å². The number of hydrogen-bond donors (Lipinski definition) is 0. The van der Waals surface area contributed by atoms with Crippen molar-refractivity contribution < 1.29 is 14.3 Å². The van der Waals surface area contributed by atoms with Gasteiger partial charge in [-0.05, 0) is 30.9 Å². The predicted octanol–water partition coefficient (Wildman–Crippen LogP) is 4.37. The van der Waals surface area contributed by atoms with Crippen molar-refractivity contribution in [3.8, 4) is 11.5 Å². The molecule has 1 fully saturated rings. The number of carbonyl (C=O) groups is 1. The van der Waals surface area contributed by atoms with Gasteiger partial charge >= 0.3 is 0 Å². The number of Topliss-reactive ketones (excluding diaryl/α,β-unsaturated/α-hetero) is 1. The minimum atomic E-state index is 0.0876. The molecule has 1 aliphatic carbocycles. The molecule has 0 amide bonds. The van der Waals surface area contributed by atoms with Crippen molar-refractivity contribution in [3.05, 3.63) is 22.7 Å². The van der Waals surface area contributed by atoms with Gasteiger partial charge in [0, 0.05) is 5.92 Å². The number of benzene rings is 1. The summed E-state index contributed by atoms with van der Waals surface area (Å²) in [6.07, 6.45) is 4.13. The number of halogens is 1. The molecule has 110 valence electrons. The molecule has 0 radical (unpaired) electrons. The average molecular weight is 297 g/mol. The van der Waals surface area contributed by atoms with Crippen LogP contribution < -0.4 is 9.47 Å². The molecule has 0 saturated heterocycles. The first-order valence-corrected chi connectivity index (χ1v) is 7.41. The molecule has 20 heavy (non-hydrogen) atoms. The van der Waals surface area contributed by atoms with E-state index in [1.165, 1.54) is 7.11 Å². The second kappa shape index (κ2) is 6.49. The summed E-state index contributed by atoms with van der Waals surface area (Å²) in [5.74, 6) is 1.90. The Morgan fingerprint density at radius 3 is 2.35 bits per heavy atom. The third-order valence-electron chi connectivity index (χ3n) is 4.14. The van der Waals surface area contributed by atoms with Crippen LogP contribution in [0.4, 0.5) is 0 Å². The lowest BCUT2D eigenvalue weighted by molar-refractivity contribution is 0.0872. The summed E-state index contributed by atoms with van der Waals surface area (Å²) in [6.45, 7) is 2.24. The topological polar surface area (TPSA) is 35.5 Å². The summed E-state index contributed by atoms with van der Waals surface area (Å²) in [5.41, 5.74) is 0.567. The Bertz CT molecular complexity index is 491. The van der Waals surface area contributed by atoms with E-state index >= 15 is 0 Å². The fraction of sp³-hybridized carbons (Fsp3) is 0.562. The average Bonchev–Trinajstić information content (AvgIpc) is 2.47.